The first-order valence-corrected chi connectivity index (χ1v) is 6.71. The van der Waals surface area contributed by atoms with Crippen molar-refractivity contribution in [1.29, 1.82) is 0 Å². The summed E-state index contributed by atoms with van der Waals surface area (Å²) in [6.07, 6.45) is 8.30. The Labute approximate surface area is 113 Å². The van der Waals surface area contributed by atoms with Gasteiger partial charge in [-0.25, -0.2) is 4.68 Å². The number of methoxy groups -OCH3 is 1. The molecule has 1 amide bonds. The van der Waals surface area contributed by atoms with E-state index < -0.39 is 0 Å². The van der Waals surface area contributed by atoms with Crippen molar-refractivity contribution >= 4 is 11.6 Å². The van der Waals surface area contributed by atoms with Gasteiger partial charge in [-0.05, 0) is 25.7 Å². The third kappa shape index (κ3) is 4.65. The van der Waals surface area contributed by atoms with E-state index in [2.05, 4.69) is 10.4 Å². The van der Waals surface area contributed by atoms with E-state index in [-0.39, 0.29) is 12.0 Å². The van der Waals surface area contributed by atoms with E-state index >= 15 is 0 Å². The van der Waals surface area contributed by atoms with Gasteiger partial charge in [-0.15, -0.1) is 0 Å². The number of nitrogens with one attached hydrogen (secondary N) is 1. The number of carbonyl (C=O) groups excluding carboxylic acids is 1. The Hall–Kier alpha value is -1.40. The summed E-state index contributed by atoms with van der Waals surface area (Å²) in [6.45, 7) is 1.21. The third-order valence-electron chi connectivity index (χ3n) is 3.15. The van der Waals surface area contributed by atoms with Gasteiger partial charge in [-0.2, -0.15) is 5.10 Å². The van der Waals surface area contributed by atoms with Crippen molar-refractivity contribution in [3.05, 3.63) is 12.4 Å². The minimum absolute atomic E-state index is 0.00569. The standard InChI is InChI=1S/C13H21N3O3/c1-18-10-16-9-11(8-14-16)15-13(17)6-5-12-4-2-3-7-19-12/h8-9,12H,2-7,10H2,1H3,(H,15,17). The molecule has 106 valence electrons. The predicted octanol–water partition coefficient (Wildman–Crippen LogP) is 1.77. The van der Waals surface area contributed by atoms with E-state index in [1.54, 1.807) is 24.2 Å². The second kappa shape index (κ2) is 7.25. The lowest BCUT2D eigenvalue weighted by Gasteiger charge is -2.22. The number of aromatic nitrogens is 2. The molecule has 0 spiro atoms. The first-order valence-electron chi connectivity index (χ1n) is 6.71. The van der Waals surface area contributed by atoms with Crippen LogP contribution < -0.4 is 5.32 Å². The smallest absolute Gasteiger partial charge is 0.224 e. The second-order valence-corrected chi connectivity index (χ2v) is 4.76. The molecule has 0 radical (unpaired) electrons. The van der Waals surface area contributed by atoms with Gasteiger partial charge in [0.1, 0.15) is 6.73 Å². The fraction of sp³-hybridized carbons (Fsp3) is 0.692. The highest BCUT2D eigenvalue weighted by Gasteiger charge is 2.15. The molecule has 1 aromatic rings. The largest absolute Gasteiger partial charge is 0.378 e. The van der Waals surface area contributed by atoms with Crippen molar-refractivity contribution in [2.24, 2.45) is 0 Å². The van der Waals surface area contributed by atoms with Gasteiger partial charge in [-0.3, -0.25) is 4.79 Å². The first-order chi connectivity index (χ1) is 9.28. The molecule has 6 nitrogen and oxygen atoms in total. The Kier molecular flexibility index (Phi) is 5.35. The van der Waals surface area contributed by atoms with E-state index in [1.807, 2.05) is 0 Å². The van der Waals surface area contributed by atoms with Crippen LogP contribution in [0.2, 0.25) is 0 Å². The lowest BCUT2D eigenvalue weighted by molar-refractivity contribution is -0.117. The van der Waals surface area contributed by atoms with Crippen molar-refractivity contribution in [1.82, 2.24) is 9.78 Å². The van der Waals surface area contributed by atoms with Crippen molar-refractivity contribution < 1.29 is 14.3 Å². The van der Waals surface area contributed by atoms with Crippen LogP contribution in [0.15, 0.2) is 12.4 Å². The number of hydrogen-bond donors (Lipinski definition) is 1. The Morgan fingerprint density at radius 3 is 3.26 bits per heavy atom. The lowest BCUT2D eigenvalue weighted by Crippen LogP contribution is -2.21. The summed E-state index contributed by atoms with van der Waals surface area (Å²) in [5.74, 6) is 0.00569. The SMILES string of the molecule is COCn1cc(NC(=O)CCC2CCCCO2)cn1. The molecular weight excluding hydrogens is 246 g/mol. The molecule has 1 aromatic heterocycles. The molecule has 0 bridgehead atoms. The molecule has 1 aliphatic heterocycles. The van der Waals surface area contributed by atoms with Crippen LogP contribution in [0, 0.1) is 0 Å². The molecule has 2 rings (SSSR count). The third-order valence-corrected chi connectivity index (χ3v) is 3.15. The highest BCUT2D eigenvalue weighted by Crippen LogP contribution is 2.17. The minimum atomic E-state index is 0.00569. The highest BCUT2D eigenvalue weighted by atomic mass is 16.5. The maximum absolute atomic E-state index is 11.8. The average Bonchev–Trinajstić information content (AvgIpc) is 2.85. The van der Waals surface area contributed by atoms with E-state index in [0.29, 0.717) is 18.8 Å². The van der Waals surface area contributed by atoms with E-state index in [4.69, 9.17) is 9.47 Å². The second-order valence-electron chi connectivity index (χ2n) is 4.76. The van der Waals surface area contributed by atoms with E-state index in [0.717, 1.165) is 25.9 Å². The zero-order valence-electron chi connectivity index (χ0n) is 11.3. The van der Waals surface area contributed by atoms with Crippen LogP contribution in [0.4, 0.5) is 5.69 Å². The van der Waals surface area contributed by atoms with Gasteiger partial charge in [0.15, 0.2) is 0 Å². The van der Waals surface area contributed by atoms with Gasteiger partial charge in [0.05, 0.1) is 24.2 Å². The molecule has 1 N–H and O–H groups in total. The molecule has 19 heavy (non-hydrogen) atoms. The van der Waals surface area contributed by atoms with Crippen LogP contribution in [0.3, 0.4) is 0 Å². The van der Waals surface area contributed by atoms with Crippen LogP contribution in [0.25, 0.3) is 0 Å². The summed E-state index contributed by atoms with van der Waals surface area (Å²) < 4.78 is 12.2. The molecule has 6 heteroatoms. The number of amides is 1. The molecule has 1 fully saturated rings. The fourth-order valence-corrected chi connectivity index (χ4v) is 2.18. The molecule has 2 heterocycles. The quantitative estimate of drug-likeness (QED) is 0.853. The summed E-state index contributed by atoms with van der Waals surface area (Å²) in [6, 6.07) is 0. The molecular formula is C13H21N3O3. The Morgan fingerprint density at radius 1 is 1.63 bits per heavy atom. The van der Waals surface area contributed by atoms with Crippen LogP contribution in [-0.2, 0) is 21.0 Å². The first kappa shape index (κ1) is 14.0. The molecule has 0 aromatic carbocycles. The van der Waals surface area contributed by atoms with Crippen molar-refractivity contribution in [2.75, 3.05) is 19.0 Å². The number of hydrogen-bond acceptors (Lipinski definition) is 4. The van der Waals surface area contributed by atoms with Gasteiger partial charge in [0, 0.05) is 20.1 Å². The van der Waals surface area contributed by atoms with Gasteiger partial charge in [0.2, 0.25) is 5.91 Å². The Balaban J connectivity index is 1.70. The van der Waals surface area contributed by atoms with Crippen LogP contribution in [0.1, 0.15) is 32.1 Å². The van der Waals surface area contributed by atoms with Crippen LogP contribution in [0.5, 0.6) is 0 Å². The highest BCUT2D eigenvalue weighted by molar-refractivity contribution is 5.90. The minimum Gasteiger partial charge on any atom is -0.378 e. The number of carbonyl (C=O) groups is 1. The number of rotatable bonds is 6. The van der Waals surface area contributed by atoms with Gasteiger partial charge in [-0.1, -0.05) is 0 Å². The zero-order valence-corrected chi connectivity index (χ0v) is 11.3. The zero-order chi connectivity index (χ0) is 13.5. The predicted molar refractivity (Wildman–Crippen MR) is 70.7 cm³/mol. The molecule has 1 aliphatic rings. The van der Waals surface area contributed by atoms with Crippen molar-refractivity contribution in [3.8, 4) is 0 Å². The molecule has 1 atom stereocenters. The molecule has 0 aliphatic carbocycles. The van der Waals surface area contributed by atoms with Crippen molar-refractivity contribution in [2.45, 2.75) is 44.9 Å². The monoisotopic (exact) mass is 267 g/mol. The Morgan fingerprint density at radius 2 is 2.53 bits per heavy atom. The number of anilines is 1. The topological polar surface area (TPSA) is 65.4 Å². The summed E-state index contributed by atoms with van der Waals surface area (Å²) in [5.41, 5.74) is 0.701. The maximum Gasteiger partial charge on any atom is 0.224 e. The normalized spacial score (nSPS) is 19.3. The van der Waals surface area contributed by atoms with E-state index in [9.17, 15) is 4.79 Å². The molecule has 0 saturated carbocycles. The fourth-order valence-electron chi connectivity index (χ4n) is 2.18. The lowest BCUT2D eigenvalue weighted by atomic mass is 10.0. The van der Waals surface area contributed by atoms with Crippen LogP contribution >= 0.6 is 0 Å². The summed E-state index contributed by atoms with van der Waals surface area (Å²) in [7, 11) is 1.60. The van der Waals surface area contributed by atoms with Crippen LogP contribution in [-0.4, -0.2) is 35.5 Å². The van der Waals surface area contributed by atoms with E-state index in [1.165, 1.54) is 6.42 Å². The summed E-state index contributed by atoms with van der Waals surface area (Å²) >= 11 is 0. The number of ether oxygens (including phenoxy) is 2. The summed E-state index contributed by atoms with van der Waals surface area (Å²) in [5, 5.41) is 6.89. The van der Waals surface area contributed by atoms with Gasteiger partial charge < -0.3 is 14.8 Å². The molecule has 1 unspecified atom stereocenters. The maximum atomic E-state index is 11.8. The Bertz CT molecular complexity index is 400. The van der Waals surface area contributed by atoms with Gasteiger partial charge >= 0.3 is 0 Å². The molecule has 1 saturated heterocycles. The number of nitrogens with zero attached hydrogens (tertiary/aromatic N) is 2. The van der Waals surface area contributed by atoms with Gasteiger partial charge in [0.25, 0.3) is 0 Å². The van der Waals surface area contributed by atoms with Crippen molar-refractivity contribution in [3.63, 3.8) is 0 Å². The average molecular weight is 267 g/mol. The summed E-state index contributed by atoms with van der Waals surface area (Å²) in [4.78, 5) is 11.8.